The van der Waals surface area contributed by atoms with E-state index in [-0.39, 0.29) is 5.02 Å². The lowest BCUT2D eigenvalue weighted by Gasteiger charge is -2.10. The largest absolute Gasteiger partial charge is 0.573 e. The van der Waals surface area contributed by atoms with E-state index in [0.717, 1.165) is 12.3 Å². The molecule has 0 aromatic carbocycles. The third kappa shape index (κ3) is 3.28. The van der Waals surface area contributed by atoms with Crippen LogP contribution in [0, 0.1) is 0 Å². The fourth-order valence-corrected chi connectivity index (χ4v) is 0.932. The Bertz CT molecular complexity index is 394. The van der Waals surface area contributed by atoms with Gasteiger partial charge in [0.1, 0.15) is 0 Å². The molecule has 0 aliphatic carbocycles. The van der Waals surface area contributed by atoms with Crippen molar-refractivity contribution in [3.63, 3.8) is 0 Å². The van der Waals surface area contributed by atoms with Gasteiger partial charge in [0.25, 0.3) is 0 Å². The summed E-state index contributed by atoms with van der Waals surface area (Å²) in [6.45, 7) is 0. The molecule has 0 unspecified atom stereocenters. The Morgan fingerprint density at radius 3 is 2.60 bits per heavy atom. The van der Waals surface area contributed by atoms with Gasteiger partial charge in [-0.15, -0.1) is 13.2 Å². The second kappa shape index (κ2) is 3.93. The Hall–Kier alpha value is -1.50. The number of hydrogen-bond acceptors (Lipinski definition) is 3. The highest BCUT2D eigenvalue weighted by Gasteiger charge is 2.33. The van der Waals surface area contributed by atoms with Crippen molar-refractivity contribution in [2.45, 2.75) is 6.36 Å². The van der Waals surface area contributed by atoms with Gasteiger partial charge >= 0.3 is 12.3 Å². The number of nitrogens with zero attached hydrogens (tertiary/aromatic N) is 1. The van der Waals surface area contributed by atoms with Crippen LogP contribution in [0.5, 0.6) is 5.75 Å². The molecule has 1 aromatic rings. The van der Waals surface area contributed by atoms with Crippen molar-refractivity contribution in [2.24, 2.45) is 0 Å². The number of carbonyl (C=O) groups is 1. The van der Waals surface area contributed by atoms with E-state index in [0.29, 0.717) is 0 Å². The van der Waals surface area contributed by atoms with Gasteiger partial charge in [-0.3, -0.25) is 0 Å². The monoisotopic (exact) mass is 241 g/mol. The number of alkyl halides is 3. The van der Waals surface area contributed by atoms with E-state index >= 15 is 0 Å². The molecule has 4 nitrogen and oxygen atoms in total. The third-order valence-corrected chi connectivity index (χ3v) is 1.45. The maximum Gasteiger partial charge on any atom is 0.573 e. The molecule has 1 rings (SSSR count). The first kappa shape index (κ1) is 11.6. The summed E-state index contributed by atoms with van der Waals surface area (Å²) in [7, 11) is 0. The number of halogens is 4. The van der Waals surface area contributed by atoms with Crippen LogP contribution in [0.15, 0.2) is 12.3 Å². The highest BCUT2D eigenvalue weighted by molar-refractivity contribution is 6.30. The molecule has 0 bridgehead atoms. The Kier molecular flexibility index (Phi) is 3.04. The molecular weight excluding hydrogens is 239 g/mol. The van der Waals surface area contributed by atoms with Crippen molar-refractivity contribution in [2.75, 3.05) is 0 Å². The van der Waals surface area contributed by atoms with Gasteiger partial charge in [0, 0.05) is 12.3 Å². The molecule has 0 amide bonds. The van der Waals surface area contributed by atoms with Gasteiger partial charge < -0.3 is 9.84 Å². The Morgan fingerprint density at radius 2 is 2.13 bits per heavy atom. The lowest BCUT2D eigenvalue weighted by Crippen LogP contribution is -2.19. The fraction of sp³-hybridized carbons (Fsp3) is 0.143. The lowest BCUT2D eigenvalue weighted by molar-refractivity contribution is -0.274. The summed E-state index contributed by atoms with van der Waals surface area (Å²) >= 11 is 5.35. The van der Waals surface area contributed by atoms with Crippen LogP contribution >= 0.6 is 11.6 Å². The first-order valence-electron chi connectivity index (χ1n) is 3.44. The summed E-state index contributed by atoms with van der Waals surface area (Å²) in [6, 6.07) is 0.728. The minimum absolute atomic E-state index is 0.153. The molecule has 15 heavy (non-hydrogen) atoms. The molecule has 1 N–H and O–H groups in total. The van der Waals surface area contributed by atoms with Crippen molar-refractivity contribution in [1.29, 1.82) is 0 Å². The van der Waals surface area contributed by atoms with Crippen molar-refractivity contribution >= 4 is 17.6 Å². The van der Waals surface area contributed by atoms with Crippen molar-refractivity contribution in [3.8, 4) is 5.75 Å². The van der Waals surface area contributed by atoms with Gasteiger partial charge in [0.05, 0.1) is 5.02 Å². The number of hydrogen-bond donors (Lipinski definition) is 1. The average Bonchev–Trinajstić information content (AvgIpc) is 1.99. The van der Waals surface area contributed by atoms with E-state index in [9.17, 15) is 18.0 Å². The molecule has 0 spiro atoms. The summed E-state index contributed by atoms with van der Waals surface area (Å²) in [6.07, 6.45) is -4.08. The molecular formula is C7H3ClF3NO3. The maximum absolute atomic E-state index is 11.8. The SMILES string of the molecule is O=C(O)c1ncc(Cl)cc1OC(F)(F)F. The zero-order chi connectivity index (χ0) is 11.6. The van der Waals surface area contributed by atoms with E-state index in [4.69, 9.17) is 16.7 Å². The standard InChI is InChI=1S/C7H3ClF3NO3/c8-3-1-4(15-7(9,10)11)5(6(13)14)12-2-3/h1-2H,(H,13,14). The molecule has 1 heterocycles. The van der Waals surface area contributed by atoms with Gasteiger partial charge in [-0.1, -0.05) is 11.6 Å². The molecule has 82 valence electrons. The first-order valence-corrected chi connectivity index (χ1v) is 3.82. The van der Waals surface area contributed by atoms with E-state index in [1.54, 1.807) is 0 Å². The zero-order valence-electron chi connectivity index (χ0n) is 6.88. The van der Waals surface area contributed by atoms with Crippen LogP contribution in [0.2, 0.25) is 5.02 Å². The summed E-state index contributed by atoms with van der Waals surface area (Å²) in [5.41, 5.74) is -0.850. The van der Waals surface area contributed by atoms with E-state index in [1.807, 2.05) is 0 Å². The zero-order valence-corrected chi connectivity index (χ0v) is 7.63. The first-order chi connectivity index (χ1) is 6.79. The number of aromatic carboxylic acids is 1. The lowest BCUT2D eigenvalue weighted by atomic mass is 10.3. The Labute approximate surface area is 86.3 Å². The van der Waals surface area contributed by atoms with Crippen LogP contribution in [-0.4, -0.2) is 22.4 Å². The molecule has 8 heteroatoms. The molecule has 0 saturated carbocycles. The number of carboxylic acids is 1. The van der Waals surface area contributed by atoms with Crippen LogP contribution in [0.3, 0.4) is 0 Å². The minimum Gasteiger partial charge on any atom is -0.476 e. The predicted octanol–water partition coefficient (Wildman–Crippen LogP) is 2.33. The van der Waals surface area contributed by atoms with E-state index in [1.165, 1.54) is 0 Å². The van der Waals surface area contributed by atoms with Crippen LogP contribution in [0.25, 0.3) is 0 Å². The summed E-state index contributed by atoms with van der Waals surface area (Å²) in [5, 5.41) is 8.35. The Balaban J connectivity index is 3.13. The normalized spacial score (nSPS) is 11.2. The van der Waals surface area contributed by atoms with Crippen LogP contribution in [0.4, 0.5) is 13.2 Å². The van der Waals surface area contributed by atoms with Crippen molar-refractivity contribution < 1.29 is 27.8 Å². The van der Waals surface area contributed by atoms with Gasteiger partial charge in [0.15, 0.2) is 11.4 Å². The second-order valence-corrected chi connectivity index (χ2v) is 2.79. The van der Waals surface area contributed by atoms with Crippen molar-refractivity contribution in [1.82, 2.24) is 4.98 Å². The summed E-state index contributed by atoms with van der Waals surface area (Å²) in [5.74, 6) is -2.58. The van der Waals surface area contributed by atoms with Crippen LogP contribution < -0.4 is 4.74 Å². The molecule has 0 saturated heterocycles. The highest BCUT2D eigenvalue weighted by Crippen LogP contribution is 2.27. The quantitative estimate of drug-likeness (QED) is 0.863. The van der Waals surface area contributed by atoms with Crippen LogP contribution in [-0.2, 0) is 0 Å². The topological polar surface area (TPSA) is 59.4 Å². The Morgan fingerprint density at radius 1 is 1.53 bits per heavy atom. The average molecular weight is 242 g/mol. The minimum atomic E-state index is -4.99. The summed E-state index contributed by atoms with van der Waals surface area (Å²) in [4.78, 5) is 13.7. The molecule has 0 radical (unpaired) electrons. The van der Waals surface area contributed by atoms with Gasteiger partial charge in [-0.05, 0) is 0 Å². The van der Waals surface area contributed by atoms with Crippen LogP contribution in [0.1, 0.15) is 10.5 Å². The van der Waals surface area contributed by atoms with Gasteiger partial charge in [0.2, 0.25) is 0 Å². The highest BCUT2D eigenvalue weighted by atomic mass is 35.5. The fourth-order valence-electron chi connectivity index (χ4n) is 0.784. The van der Waals surface area contributed by atoms with Gasteiger partial charge in [-0.2, -0.15) is 0 Å². The maximum atomic E-state index is 11.8. The number of rotatable bonds is 2. The molecule has 1 aromatic heterocycles. The number of ether oxygens (including phenoxy) is 1. The predicted molar refractivity (Wildman–Crippen MR) is 42.9 cm³/mol. The van der Waals surface area contributed by atoms with Crippen molar-refractivity contribution in [3.05, 3.63) is 23.0 Å². The molecule has 0 aliphatic rings. The number of pyridine rings is 1. The molecule has 0 fully saturated rings. The second-order valence-electron chi connectivity index (χ2n) is 2.35. The summed E-state index contributed by atoms with van der Waals surface area (Å²) < 4.78 is 38.9. The number of aromatic nitrogens is 1. The smallest absolute Gasteiger partial charge is 0.476 e. The van der Waals surface area contributed by atoms with E-state index in [2.05, 4.69) is 9.72 Å². The molecule has 0 atom stereocenters. The molecule has 0 aliphatic heterocycles. The van der Waals surface area contributed by atoms with Gasteiger partial charge in [-0.25, -0.2) is 9.78 Å². The third-order valence-electron chi connectivity index (χ3n) is 1.25. The number of carboxylic acid groups (broad SMARTS) is 1. The van der Waals surface area contributed by atoms with E-state index < -0.39 is 23.8 Å².